The molecule has 21 heavy (non-hydrogen) atoms. The second-order valence-corrected chi connectivity index (χ2v) is 5.80. The summed E-state index contributed by atoms with van der Waals surface area (Å²) in [7, 11) is 0. The lowest BCUT2D eigenvalue weighted by Crippen LogP contribution is -2.06. The first-order chi connectivity index (χ1) is 9.92. The highest BCUT2D eigenvalue weighted by Crippen LogP contribution is 2.40. The van der Waals surface area contributed by atoms with Crippen molar-refractivity contribution in [1.29, 1.82) is 5.26 Å². The summed E-state index contributed by atoms with van der Waals surface area (Å²) in [5.41, 5.74) is 13.3. The molecule has 0 aliphatic carbocycles. The van der Waals surface area contributed by atoms with Gasteiger partial charge < -0.3 is 16.2 Å². The number of nitrogens with two attached hydrogens (primary N) is 2. The van der Waals surface area contributed by atoms with E-state index in [4.69, 9.17) is 16.2 Å². The van der Waals surface area contributed by atoms with Crippen molar-refractivity contribution in [2.24, 2.45) is 0 Å². The molecule has 0 radical (unpaired) electrons. The molecule has 0 unspecified atom stereocenters. The minimum absolute atomic E-state index is 0.0272. The fourth-order valence-corrected chi connectivity index (χ4v) is 3.26. The van der Waals surface area contributed by atoms with Crippen LogP contribution in [0.3, 0.4) is 0 Å². The Morgan fingerprint density at radius 1 is 1.48 bits per heavy atom. The van der Waals surface area contributed by atoms with E-state index < -0.39 is 5.97 Å². The van der Waals surface area contributed by atoms with Gasteiger partial charge in [0.05, 0.1) is 17.9 Å². The number of nitrogens with zero attached hydrogens (tertiary/aromatic N) is 2. The second-order valence-electron chi connectivity index (χ2n) is 4.80. The molecule has 0 bridgehead atoms. The van der Waals surface area contributed by atoms with Crippen molar-refractivity contribution in [3.8, 4) is 6.07 Å². The highest BCUT2D eigenvalue weighted by molar-refractivity contribution is 7.21. The van der Waals surface area contributed by atoms with Gasteiger partial charge in [-0.05, 0) is 18.4 Å². The first kappa shape index (κ1) is 15.1. The van der Waals surface area contributed by atoms with Gasteiger partial charge in [0.15, 0.2) is 0 Å². The molecule has 4 N–H and O–H groups in total. The summed E-state index contributed by atoms with van der Waals surface area (Å²) in [4.78, 5) is 17.0. The zero-order valence-electron chi connectivity index (χ0n) is 12.1. The molecule has 2 aromatic rings. The van der Waals surface area contributed by atoms with Crippen molar-refractivity contribution in [2.45, 2.75) is 26.7 Å². The van der Waals surface area contributed by atoms with Crippen LogP contribution in [0.1, 0.15) is 47.5 Å². The number of hydrogen-bond acceptors (Lipinski definition) is 7. The number of carbonyl (C=O) groups excluding carboxylic acids is 1. The van der Waals surface area contributed by atoms with E-state index in [1.165, 1.54) is 0 Å². The Balaban J connectivity index is 2.84. The first-order valence-corrected chi connectivity index (χ1v) is 7.32. The van der Waals surface area contributed by atoms with E-state index in [0.29, 0.717) is 26.3 Å². The standard InChI is InChI=1S/C14H16N4O2S/c1-4-20-14(19)11-10(16)9-8(6(2)3)7(5-15)12(17)18-13(9)21-11/h6H,4,16H2,1-3H3,(H2,17,18). The summed E-state index contributed by atoms with van der Waals surface area (Å²) in [6, 6.07) is 2.07. The SMILES string of the molecule is CCOC(=O)c1sc2nc(N)c(C#N)c(C(C)C)c2c1N. The zero-order valence-corrected chi connectivity index (χ0v) is 12.9. The third kappa shape index (κ3) is 2.38. The van der Waals surface area contributed by atoms with Gasteiger partial charge in [0.2, 0.25) is 0 Å². The number of esters is 1. The van der Waals surface area contributed by atoms with E-state index in [0.717, 1.165) is 16.9 Å². The van der Waals surface area contributed by atoms with Gasteiger partial charge in [-0.3, -0.25) is 0 Å². The van der Waals surface area contributed by atoms with Gasteiger partial charge in [0.1, 0.15) is 21.6 Å². The number of rotatable bonds is 3. The second kappa shape index (κ2) is 5.58. The van der Waals surface area contributed by atoms with Crippen molar-refractivity contribution >= 4 is 39.0 Å². The fourth-order valence-electron chi connectivity index (χ4n) is 2.24. The monoisotopic (exact) mass is 304 g/mol. The van der Waals surface area contributed by atoms with Gasteiger partial charge in [-0.1, -0.05) is 13.8 Å². The normalized spacial score (nSPS) is 10.8. The Labute approximate surface area is 126 Å². The number of carbonyl (C=O) groups is 1. The number of nitriles is 1. The molecule has 110 valence electrons. The first-order valence-electron chi connectivity index (χ1n) is 6.50. The number of hydrogen-bond donors (Lipinski definition) is 2. The Morgan fingerprint density at radius 3 is 2.67 bits per heavy atom. The van der Waals surface area contributed by atoms with E-state index in [9.17, 15) is 10.1 Å². The zero-order chi connectivity index (χ0) is 15.7. The van der Waals surface area contributed by atoms with Crippen molar-refractivity contribution in [3.05, 3.63) is 16.0 Å². The topological polar surface area (TPSA) is 115 Å². The van der Waals surface area contributed by atoms with Crippen molar-refractivity contribution in [1.82, 2.24) is 4.98 Å². The van der Waals surface area contributed by atoms with Gasteiger partial charge in [-0.25, -0.2) is 9.78 Å². The van der Waals surface area contributed by atoms with Crippen LogP contribution in [0.25, 0.3) is 10.2 Å². The van der Waals surface area contributed by atoms with E-state index in [1.807, 2.05) is 13.8 Å². The molecule has 0 aromatic carbocycles. The molecule has 0 atom stereocenters. The Bertz CT molecular complexity index is 759. The molecule has 6 nitrogen and oxygen atoms in total. The van der Waals surface area contributed by atoms with Crippen LogP contribution in [0.5, 0.6) is 0 Å². The smallest absolute Gasteiger partial charge is 0.350 e. The maximum absolute atomic E-state index is 11.9. The fraction of sp³-hybridized carbons (Fsp3) is 0.357. The summed E-state index contributed by atoms with van der Waals surface area (Å²) in [5.74, 6) is -0.297. The number of fused-ring (bicyclic) bond motifs is 1. The largest absolute Gasteiger partial charge is 0.462 e. The van der Waals surface area contributed by atoms with Gasteiger partial charge >= 0.3 is 5.97 Å². The highest BCUT2D eigenvalue weighted by atomic mass is 32.1. The molecule has 0 saturated heterocycles. The maximum Gasteiger partial charge on any atom is 0.350 e. The molecule has 0 fully saturated rings. The maximum atomic E-state index is 11.9. The summed E-state index contributed by atoms with van der Waals surface area (Å²) in [6.45, 7) is 5.87. The number of nitrogen functional groups attached to an aromatic ring is 2. The average molecular weight is 304 g/mol. The molecule has 2 aromatic heterocycles. The van der Waals surface area contributed by atoms with Crippen molar-refractivity contribution in [3.63, 3.8) is 0 Å². The van der Waals surface area contributed by atoms with Crippen molar-refractivity contribution < 1.29 is 9.53 Å². The van der Waals surface area contributed by atoms with Gasteiger partial charge in [0.25, 0.3) is 0 Å². The molecule has 0 aliphatic rings. The molecule has 0 aliphatic heterocycles. The number of ether oxygens (including phenoxy) is 1. The van der Waals surface area contributed by atoms with Crippen LogP contribution in [-0.2, 0) is 4.74 Å². The van der Waals surface area contributed by atoms with Crippen LogP contribution < -0.4 is 11.5 Å². The predicted molar refractivity (Wildman–Crippen MR) is 83.2 cm³/mol. The summed E-state index contributed by atoms with van der Waals surface area (Å²) in [6.07, 6.45) is 0. The predicted octanol–water partition coefficient (Wildman–Crippen LogP) is 2.63. The quantitative estimate of drug-likeness (QED) is 0.842. The molecule has 7 heteroatoms. The van der Waals surface area contributed by atoms with Gasteiger partial charge in [0, 0.05) is 5.39 Å². The average Bonchev–Trinajstić information content (AvgIpc) is 2.74. The molecule has 2 rings (SSSR count). The van der Waals surface area contributed by atoms with Crippen LogP contribution >= 0.6 is 11.3 Å². The molecule has 0 amide bonds. The lowest BCUT2D eigenvalue weighted by Gasteiger charge is -2.12. The lowest BCUT2D eigenvalue weighted by atomic mass is 9.95. The minimum Gasteiger partial charge on any atom is -0.462 e. The summed E-state index contributed by atoms with van der Waals surface area (Å²) < 4.78 is 4.99. The molecular weight excluding hydrogens is 288 g/mol. The van der Waals surface area contributed by atoms with Crippen LogP contribution in [0.4, 0.5) is 11.5 Å². The third-order valence-corrected chi connectivity index (χ3v) is 4.17. The lowest BCUT2D eigenvalue weighted by molar-refractivity contribution is 0.0533. The number of thiophene rings is 1. The molecule has 2 heterocycles. The Morgan fingerprint density at radius 2 is 2.14 bits per heavy atom. The molecule has 0 saturated carbocycles. The number of anilines is 2. The highest BCUT2D eigenvalue weighted by Gasteiger charge is 2.25. The van der Waals surface area contributed by atoms with E-state index in [-0.39, 0.29) is 18.3 Å². The van der Waals surface area contributed by atoms with Gasteiger partial charge in [-0.15, -0.1) is 11.3 Å². The Kier molecular flexibility index (Phi) is 4.00. The van der Waals surface area contributed by atoms with E-state index in [1.54, 1.807) is 6.92 Å². The van der Waals surface area contributed by atoms with E-state index >= 15 is 0 Å². The summed E-state index contributed by atoms with van der Waals surface area (Å²) >= 11 is 1.14. The number of aromatic nitrogens is 1. The van der Waals surface area contributed by atoms with Crippen molar-refractivity contribution in [2.75, 3.05) is 18.1 Å². The molecular formula is C14H16N4O2S. The van der Waals surface area contributed by atoms with Crippen LogP contribution in [-0.4, -0.2) is 17.6 Å². The van der Waals surface area contributed by atoms with Crippen LogP contribution in [0.2, 0.25) is 0 Å². The summed E-state index contributed by atoms with van der Waals surface area (Å²) in [5, 5.41) is 9.93. The van der Waals surface area contributed by atoms with Crippen LogP contribution in [0, 0.1) is 11.3 Å². The Hall–Kier alpha value is -2.33. The van der Waals surface area contributed by atoms with Crippen LogP contribution in [0.15, 0.2) is 0 Å². The van der Waals surface area contributed by atoms with E-state index in [2.05, 4.69) is 11.1 Å². The third-order valence-electron chi connectivity index (χ3n) is 3.09. The number of pyridine rings is 1. The molecule has 0 spiro atoms. The minimum atomic E-state index is -0.482. The van der Waals surface area contributed by atoms with Gasteiger partial charge in [-0.2, -0.15) is 5.26 Å².